The third-order valence-electron chi connectivity index (χ3n) is 4.72. The second kappa shape index (κ2) is 7.15. The number of nitrogens with zero attached hydrogens (tertiary/aromatic N) is 4. The number of aromatic amines is 2. The predicted octanol–water partition coefficient (Wildman–Crippen LogP) is 5.05. The van der Waals surface area contributed by atoms with Crippen molar-refractivity contribution in [3.8, 4) is 22.5 Å². The van der Waals surface area contributed by atoms with Crippen LogP contribution < -0.4 is 4.90 Å². The Morgan fingerprint density at radius 2 is 1.96 bits per heavy atom. The number of aliphatic imine (C=N–C) groups is 1. The molecule has 140 valence electrons. The summed E-state index contributed by atoms with van der Waals surface area (Å²) in [6, 6.07) is 10.4. The van der Waals surface area contributed by atoms with Gasteiger partial charge in [-0.25, -0.2) is 4.99 Å². The van der Waals surface area contributed by atoms with Crippen molar-refractivity contribution >= 4 is 35.2 Å². The highest BCUT2D eigenvalue weighted by Gasteiger charge is 2.14. The average Bonchev–Trinajstić information content (AvgIpc) is 3.31. The third-order valence-corrected chi connectivity index (χ3v) is 4.72. The van der Waals surface area contributed by atoms with Crippen LogP contribution in [0.1, 0.15) is 12.5 Å². The van der Waals surface area contributed by atoms with Crippen LogP contribution >= 0.6 is 0 Å². The van der Waals surface area contributed by atoms with E-state index in [1.807, 2.05) is 62.6 Å². The largest absolute Gasteiger partial charge is 0.376 e. The number of fused-ring (bicyclic) bond motifs is 1. The van der Waals surface area contributed by atoms with Crippen molar-refractivity contribution in [3.63, 3.8) is 0 Å². The molecule has 3 aromatic heterocycles. The van der Waals surface area contributed by atoms with Crippen LogP contribution in [0.4, 0.5) is 11.5 Å². The molecule has 0 fully saturated rings. The number of allylic oxidation sites excluding steroid dienone is 1. The molecule has 2 N–H and O–H groups in total. The number of aromatic nitrogens is 4. The number of hydrogen-bond acceptors (Lipinski definition) is 4. The van der Waals surface area contributed by atoms with E-state index in [2.05, 4.69) is 50.1 Å². The van der Waals surface area contributed by atoms with E-state index >= 15 is 0 Å². The predicted molar refractivity (Wildman–Crippen MR) is 117 cm³/mol. The molecule has 0 atom stereocenters. The Hall–Kier alpha value is -3.67. The van der Waals surface area contributed by atoms with Crippen LogP contribution in [0.25, 0.3) is 39.5 Å². The van der Waals surface area contributed by atoms with Crippen molar-refractivity contribution in [2.75, 3.05) is 19.0 Å². The average molecular weight is 370 g/mol. The summed E-state index contributed by atoms with van der Waals surface area (Å²) in [7, 11) is 4.02. The van der Waals surface area contributed by atoms with Crippen molar-refractivity contribution in [2.45, 2.75) is 6.92 Å². The Labute approximate surface area is 163 Å². The lowest BCUT2D eigenvalue weighted by atomic mass is 10.0. The maximum absolute atomic E-state index is 4.53. The molecule has 0 bridgehead atoms. The van der Waals surface area contributed by atoms with Crippen LogP contribution in [0.3, 0.4) is 0 Å². The fourth-order valence-corrected chi connectivity index (χ4v) is 3.25. The summed E-state index contributed by atoms with van der Waals surface area (Å²) in [6.45, 7) is 5.63. The summed E-state index contributed by atoms with van der Waals surface area (Å²) >= 11 is 0. The van der Waals surface area contributed by atoms with Gasteiger partial charge in [-0.3, -0.25) is 10.1 Å². The molecule has 28 heavy (non-hydrogen) atoms. The Morgan fingerprint density at radius 1 is 1.11 bits per heavy atom. The van der Waals surface area contributed by atoms with Gasteiger partial charge in [0, 0.05) is 36.8 Å². The molecular weight excluding hydrogens is 348 g/mol. The van der Waals surface area contributed by atoms with Crippen LogP contribution in [-0.4, -0.2) is 41.0 Å². The molecule has 3 heterocycles. The van der Waals surface area contributed by atoms with E-state index in [1.54, 1.807) is 0 Å². The van der Waals surface area contributed by atoms with Crippen LogP contribution in [0, 0.1) is 0 Å². The summed E-state index contributed by atoms with van der Waals surface area (Å²) < 4.78 is 0. The van der Waals surface area contributed by atoms with Gasteiger partial charge in [-0.05, 0) is 43.5 Å². The second-order valence-electron chi connectivity index (χ2n) is 6.80. The Bertz CT molecular complexity index is 1180. The van der Waals surface area contributed by atoms with Gasteiger partial charge < -0.3 is 9.88 Å². The fraction of sp³-hybridized carbons (Fsp3) is 0.136. The van der Waals surface area contributed by atoms with Crippen LogP contribution in [0.5, 0.6) is 0 Å². The molecule has 0 aliphatic rings. The van der Waals surface area contributed by atoms with Gasteiger partial charge in [0.25, 0.3) is 0 Å². The summed E-state index contributed by atoms with van der Waals surface area (Å²) in [5, 5.41) is 8.68. The molecule has 0 aliphatic heterocycles. The first kappa shape index (κ1) is 17.7. The lowest BCUT2D eigenvalue weighted by Crippen LogP contribution is -2.08. The first-order valence-corrected chi connectivity index (χ1v) is 9.04. The fourth-order valence-electron chi connectivity index (χ4n) is 3.25. The minimum Gasteiger partial charge on any atom is -0.376 e. The molecule has 4 aromatic rings. The van der Waals surface area contributed by atoms with Crippen LogP contribution in [0.15, 0.2) is 53.8 Å². The number of pyridine rings is 1. The number of rotatable bonds is 5. The summed E-state index contributed by atoms with van der Waals surface area (Å²) in [6.07, 6.45) is 7.72. The van der Waals surface area contributed by atoms with E-state index in [-0.39, 0.29) is 0 Å². The number of hydrogen-bond donors (Lipinski definition) is 2. The zero-order valence-electron chi connectivity index (χ0n) is 16.2. The number of nitrogens with one attached hydrogen (secondary N) is 2. The SMILES string of the molecule is C=Nc1[nH]c(-c2n[nH]c3ccc(-c4cncc(N(C)C)c4)cc23)cc1/C=C\C. The highest BCUT2D eigenvalue weighted by molar-refractivity contribution is 5.95. The molecule has 0 saturated carbocycles. The topological polar surface area (TPSA) is 73.0 Å². The highest BCUT2D eigenvalue weighted by Crippen LogP contribution is 2.33. The molecule has 0 radical (unpaired) electrons. The van der Waals surface area contributed by atoms with Crippen molar-refractivity contribution in [1.29, 1.82) is 0 Å². The summed E-state index contributed by atoms with van der Waals surface area (Å²) in [4.78, 5) is 13.8. The van der Waals surface area contributed by atoms with Crippen LogP contribution in [-0.2, 0) is 0 Å². The molecule has 0 saturated heterocycles. The lowest BCUT2D eigenvalue weighted by molar-refractivity contribution is 1.11. The molecule has 1 aromatic carbocycles. The molecule has 6 heteroatoms. The third kappa shape index (κ3) is 3.09. The van der Waals surface area contributed by atoms with Crippen molar-refractivity contribution in [1.82, 2.24) is 20.2 Å². The molecular formula is C22H22N6. The zero-order valence-corrected chi connectivity index (χ0v) is 16.2. The first-order valence-electron chi connectivity index (χ1n) is 9.04. The molecule has 0 unspecified atom stereocenters. The monoisotopic (exact) mass is 370 g/mol. The number of H-pyrrole nitrogens is 2. The second-order valence-corrected chi connectivity index (χ2v) is 6.80. The van der Waals surface area contributed by atoms with Crippen molar-refractivity contribution < 1.29 is 0 Å². The lowest BCUT2D eigenvalue weighted by Gasteiger charge is -2.13. The van der Waals surface area contributed by atoms with Crippen molar-refractivity contribution in [2.24, 2.45) is 4.99 Å². The molecule has 0 amide bonds. The normalized spacial score (nSPS) is 11.4. The van der Waals surface area contributed by atoms with Crippen LogP contribution in [0.2, 0.25) is 0 Å². The van der Waals surface area contributed by atoms with Gasteiger partial charge >= 0.3 is 0 Å². The molecule has 0 aliphatic carbocycles. The van der Waals surface area contributed by atoms with E-state index in [4.69, 9.17) is 0 Å². The molecule has 4 rings (SSSR count). The van der Waals surface area contributed by atoms with E-state index in [9.17, 15) is 0 Å². The number of benzene rings is 1. The minimum absolute atomic E-state index is 0.739. The highest BCUT2D eigenvalue weighted by atomic mass is 15.1. The van der Waals surface area contributed by atoms with Gasteiger partial charge in [0.2, 0.25) is 0 Å². The summed E-state index contributed by atoms with van der Waals surface area (Å²) in [5.74, 6) is 0.739. The van der Waals surface area contributed by atoms with E-state index in [0.717, 1.165) is 50.5 Å². The Balaban J connectivity index is 1.83. The van der Waals surface area contributed by atoms with E-state index in [0.29, 0.717) is 0 Å². The maximum Gasteiger partial charge on any atom is 0.136 e. The van der Waals surface area contributed by atoms with Gasteiger partial charge in [0.1, 0.15) is 11.5 Å². The molecule has 6 nitrogen and oxygen atoms in total. The van der Waals surface area contributed by atoms with Crippen molar-refractivity contribution in [3.05, 3.63) is 54.4 Å². The first-order chi connectivity index (χ1) is 13.6. The minimum atomic E-state index is 0.739. The van der Waals surface area contributed by atoms with Gasteiger partial charge in [-0.15, -0.1) is 0 Å². The van der Waals surface area contributed by atoms with Gasteiger partial charge in [-0.1, -0.05) is 18.2 Å². The Morgan fingerprint density at radius 3 is 2.71 bits per heavy atom. The quantitative estimate of drug-likeness (QED) is 0.483. The van der Waals surface area contributed by atoms with E-state index < -0.39 is 0 Å². The van der Waals surface area contributed by atoms with E-state index in [1.165, 1.54) is 0 Å². The smallest absolute Gasteiger partial charge is 0.136 e. The maximum atomic E-state index is 4.53. The summed E-state index contributed by atoms with van der Waals surface area (Å²) in [5.41, 5.74) is 6.94. The standard InChI is InChI=1S/C22H22N6/c1-5-6-15-11-20(25-22(15)23-2)21-18-10-14(7-8-19(18)26-27-21)16-9-17(28(3)4)13-24-12-16/h5-13,25H,2H2,1,3-4H3,(H,26,27)/b6-5-. The Kier molecular flexibility index (Phi) is 4.53. The van der Waals surface area contributed by atoms with Gasteiger partial charge in [-0.2, -0.15) is 5.10 Å². The zero-order chi connectivity index (χ0) is 19.7. The van der Waals surface area contributed by atoms with Gasteiger partial charge in [0.05, 0.1) is 23.1 Å². The molecule has 0 spiro atoms. The van der Waals surface area contributed by atoms with Gasteiger partial charge in [0.15, 0.2) is 0 Å². The number of anilines is 1.